The fraction of sp³-hybridized carbons (Fsp3) is 0.733. The average Bonchev–Trinajstić information content (AvgIpc) is 3.10. The van der Waals surface area contributed by atoms with Crippen LogP contribution in [0.25, 0.3) is 0 Å². The van der Waals surface area contributed by atoms with E-state index < -0.39 is 0 Å². The van der Waals surface area contributed by atoms with Crippen LogP contribution in [0.1, 0.15) is 38.8 Å². The second-order valence-electron chi connectivity index (χ2n) is 6.26. The van der Waals surface area contributed by atoms with Crippen LogP contribution in [0, 0.1) is 11.8 Å². The summed E-state index contributed by atoms with van der Waals surface area (Å²) in [4.78, 5) is 11.5. The van der Waals surface area contributed by atoms with Crippen LogP contribution >= 0.6 is 0 Å². The molecule has 0 radical (unpaired) electrons. The Hall–Kier alpha value is -1.16. The Morgan fingerprint density at radius 2 is 2.16 bits per heavy atom. The van der Waals surface area contributed by atoms with Gasteiger partial charge in [-0.25, -0.2) is 4.98 Å². The van der Waals surface area contributed by atoms with E-state index in [1.807, 2.05) is 12.4 Å². The molecule has 1 aromatic rings. The molecule has 2 fully saturated rings. The third-order valence-corrected chi connectivity index (χ3v) is 4.31. The Morgan fingerprint density at radius 1 is 1.32 bits per heavy atom. The van der Waals surface area contributed by atoms with E-state index >= 15 is 0 Å². The van der Waals surface area contributed by atoms with Gasteiger partial charge in [0.2, 0.25) is 0 Å². The highest BCUT2D eigenvalue weighted by molar-refractivity contribution is 5.37. The molecule has 1 aromatic heterocycles. The second-order valence-corrected chi connectivity index (χ2v) is 6.26. The summed E-state index contributed by atoms with van der Waals surface area (Å²) < 4.78 is 0. The number of nitrogens with one attached hydrogen (secondary N) is 1. The summed E-state index contributed by atoms with van der Waals surface area (Å²) in [5.74, 6) is 2.62. The Kier molecular flexibility index (Phi) is 3.69. The zero-order chi connectivity index (χ0) is 13.2. The molecule has 2 heterocycles. The lowest BCUT2D eigenvalue weighted by molar-refractivity contribution is 0.422. The summed E-state index contributed by atoms with van der Waals surface area (Å²) >= 11 is 0. The van der Waals surface area contributed by atoms with Gasteiger partial charge < -0.3 is 10.2 Å². The van der Waals surface area contributed by atoms with Crippen LogP contribution in [-0.2, 0) is 6.54 Å². The van der Waals surface area contributed by atoms with E-state index in [0.717, 1.165) is 49.0 Å². The predicted octanol–water partition coefficient (Wildman–Crippen LogP) is 2.21. The first kappa shape index (κ1) is 12.9. The van der Waals surface area contributed by atoms with Gasteiger partial charge in [0.25, 0.3) is 0 Å². The molecule has 0 bridgehead atoms. The molecule has 4 nitrogen and oxygen atoms in total. The van der Waals surface area contributed by atoms with Gasteiger partial charge in [-0.1, -0.05) is 13.8 Å². The van der Waals surface area contributed by atoms with Gasteiger partial charge in [0.1, 0.15) is 5.82 Å². The van der Waals surface area contributed by atoms with Crippen molar-refractivity contribution in [1.29, 1.82) is 0 Å². The van der Waals surface area contributed by atoms with Crippen LogP contribution in [0.15, 0.2) is 12.4 Å². The van der Waals surface area contributed by atoms with Crippen molar-refractivity contribution in [1.82, 2.24) is 15.3 Å². The summed E-state index contributed by atoms with van der Waals surface area (Å²) in [5.41, 5.74) is 1.07. The lowest BCUT2D eigenvalue weighted by Gasteiger charge is -2.19. The van der Waals surface area contributed by atoms with Crippen LogP contribution in [-0.4, -0.2) is 29.1 Å². The first-order chi connectivity index (χ1) is 9.22. The van der Waals surface area contributed by atoms with Crippen molar-refractivity contribution in [2.24, 2.45) is 11.8 Å². The van der Waals surface area contributed by atoms with Crippen molar-refractivity contribution in [2.75, 3.05) is 18.0 Å². The monoisotopic (exact) mass is 260 g/mol. The molecule has 1 saturated heterocycles. The molecule has 1 N–H and O–H groups in total. The third-order valence-electron chi connectivity index (χ3n) is 4.31. The molecule has 0 aromatic carbocycles. The summed E-state index contributed by atoms with van der Waals surface area (Å²) in [6.45, 7) is 7.74. The van der Waals surface area contributed by atoms with Gasteiger partial charge in [0.15, 0.2) is 0 Å². The topological polar surface area (TPSA) is 41.1 Å². The normalized spacial score (nSPS) is 23.3. The molecular formula is C15H24N4. The quantitative estimate of drug-likeness (QED) is 0.881. The molecule has 1 atom stereocenters. The fourth-order valence-corrected chi connectivity index (χ4v) is 2.71. The number of rotatable bonds is 5. The van der Waals surface area contributed by atoms with Crippen molar-refractivity contribution in [2.45, 2.75) is 45.7 Å². The highest BCUT2D eigenvalue weighted by Gasteiger charge is 2.26. The summed E-state index contributed by atoms with van der Waals surface area (Å²) in [6, 6.07) is 0.725. The van der Waals surface area contributed by atoms with Crippen LogP contribution < -0.4 is 10.2 Å². The minimum absolute atomic E-state index is 0.725. The lowest BCUT2D eigenvalue weighted by atomic mass is 9.95. The Balaban J connectivity index is 1.62. The number of anilines is 1. The number of aromatic nitrogens is 2. The summed E-state index contributed by atoms with van der Waals surface area (Å²) in [7, 11) is 0. The number of hydrogen-bond acceptors (Lipinski definition) is 4. The molecular weight excluding hydrogens is 236 g/mol. The van der Waals surface area contributed by atoms with Crippen LogP contribution in [0.5, 0.6) is 0 Å². The highest BCUT2D eigenvalue weighted by Crippen LogP contribution is 2.27. The minimum atomic E-state index is 0.725. The van der Waals surface area contributed by atoms with Gasteiger partial charge in [-0.2, -0.15) is 0 Å². The zero-order valence-corrected chi connectivity index (χ0v) is 12.0. The molecule has 4 heteroatoms. The zero-order valence-electron chi connectivity index (χ0n) is 12.0. The molecule has 1 aliphatic carbocycles. The van der Waals surface area contributed by atoms with E-state index in [4.69, 9.17) is 4.98 Å². The van der Waals surface area contributed by atoms with Crippen LogP contribution in [0.3, 0.4) is 0 Å². The Labute approximate surface area is 115 Å². The molecule has 1 unspecified atom stereocenters. The van der Waals surface area contributed by atoms with Gasteiger partial charge in [-0.3, -0.25) is 4.98 Å². The van der Waals surface area contributed by atoms with E-state index in [2.05, 4.69) is 29.0 Å². The first-order valence-corrected chi connectivity index (χ1v) is 7.51. The van der Waals surface area contributed by atoms with E-state index in [0.29, 0.717) is 0 Å². The minimum Gasteiger partial charge on any atom is -0.355 e. The van der Waals surface area contributed by atoms with Gasteiger partial charge >= 0.3 is 0 Å². The van der Waals surface area contributed by atoms with Crippen molar-refractivity contribution in [3.8, 4) is 0 Å². The maximum atomic E-state index is 4.75. The Bertz CT molecular complexity index is 428. The Morgan fingerprint density at radius 3 is 2.84 bits per heavy atom. The SMILES string of the molecule is CC(C)C1CCN(c2cncc(CNC3CC3)n2)C1. The van der Waals surface area contributed by atoms with Crippen LogP contribution in [0.2, 0.25) is 0 Å². The van der Waals surface area contributed by atoms with Gasteiger partial charge in [0, 0.05) is 31.9 Å². The van der Waals surface area contributed by atoms with Crippen molar-refractivity contribution >= 4 is 5.82 Å². The van der Waals surface area contributed by atoms with Crippen molar-refractivity contribution in [3.05, 3.63) is 18.1 Å². The second kappa shape index (κ2) is 5.45. The van der Waals surface area contributed by atoms with Crippen LogP contribution in [0.4, 0.5) is 5.82 Å². The number of hydrogen-bond donors (Lipinski definition) is 1. The van der Waals surface area contributed by atoms with Gasteiger partial charge in [0.05, 0.1) is 11.9 Å². The van der Waals surface area contributed by atoms with E-state index in [1.54, 1.807) is 0 Å². The molecule has 104 valence electrons. The molecule has 3 rings (SSSR count). The first-order valence-electron chi connectivity index (χ1n) is 7.51. The van der Waals surface area contributed by atoms with E-state index in [1.165, 1.54) is 19.3 Å². The smallest absolute Gasteiger partial charge is 0.147 e. The van der Waals surface area contributed by atoms with Gasteiger partial charge in [-0.15, -0.1) is 0 Å². The molecule has 1 saturated carbocycles. The van der Waals surface area contributed by atoms with E-state index in [-0.39, 0.29) is 0 Å². The molecule has 0 spiro atoms. The van der Waals surface area contributed by atoms with Crippen molar-refractivity contribution in [3.63, 3.8) is 0 Å². The largest absolute Gasteiger partial charge is 0.355 e. The maximum absolute atomic E-state index is 4.75. The lowest BCUT2D eigenvalue weighted by Crippen LogP contribution is -2.23. The van der Waals surface area contributed by atoms with Gasteiger partial charge in [-0.05, 0) is 31.1 Å². The maximum Gasteiger partial charge on any atom is 0.147 e. The molecule has 0 amide bonds. The summed E-state index contributed by atoms with van der Waals surface area (Å²) in [6.07, 6.45) is 7.70. The average molecular weight is 260 g/mol. The molecule has 1 aliphatic heterocycles. The molecule has 2 aliphatic rings. The van der Waals surface area contributed by atoms with Crippen molar-refractivity contribution < 1.29 is 0 Å². The standard InChI is InChI=1S/C15H24N4/c1-11(2)12-5-6-19(10-12)15-9-16-7-14(18-15)8-17-13-3-4-13/h7,9,11-13,17H,3-6,8,10H2,1-2H3. The highest BCUT2D eigenvalue weighted by atomic mass is 15.2. The predicted molar refractivity (Wildman–Crippen MR) is 77.1 cm³/mol. The fourth-order valence-electron chi connectivity index (χ4n) is 2.71. The third kappa shape index (κ3) is 3.24. The molecule has 19 heavy (non-hydrogen) atoms. The van der Waals surface area contributed by atoms with E-state index in [9.17, 15) is 0 Å². The summed E-state index contributed by atoms with van der Waals surface area (Å²) in [5, 5.41) is 3.50. The number of nitrogens with zero attached hydrogens (tertiary/aromatic N) is 3.